The molecular formula is C19H23NO. The van der Waals surface area contributed by atoms with Crippen LogP contribution in [-0.4, -0.2) is 31.2 Å². The average Bonchev–Trinajstić information content (AvgIpc) is 2.57. The van der Waals surface area contributed by atoms with Crippen molar-refractivity contribution in [3.05, 3.63) is 60.2 Å². The first-order valence-corrected chi connectivity index (χ1v) is 7.74. The molecule has 0 aromatic heterocycles. The first-order valence-electron chi connectivity index (χ1n) is 7.74. The monoisotopic (exact) mass is 281 g/mol. The Morgan fingerprint density at radius 1 is 0.905 bits per heavy atom. The van der Waals surface area contributed by atoms with Crippen molar-refractivity contribution < 1.29 is 4.74 Å². The molecule has 0 radical (unpaired) electrons. The van der Waals surface area contributed by atoms with Crippen molar-refractivity contribution in [2.45, 2.75) is 25.5 Å². The fraction of sp³-hybridized carbons (Fsp3) is 0.368. The largest absolute Gasteiger partial charge is 0.381 e. The molecule has 21 heavy (non-hydrogen) atoms. The number of hydrogen-bond donors (Lipinski definition) is 0. The maximum atomic E-state index is 5.43. The quantitative estimate of drug-likeness (QED) is 0.841. The van der Waals surface area contributed by atoms with Crippen LogP contribution < -0.4 is 0 Å². The molecule has 1 heterocycles. The molecule has 0 atom stereocenters. The minimum Gasteiger partial charge on any atom is -0.381 e. The van der Waals surface area contributed by atoms with Crippen LogP contribution in [0, 0.1) is 0 Å². The standard InChI is InChI=1S/C19H23NO/c1-21-19-11-13-20(14-12-19)15-16-7-9-18(10-8-16)17-5-3-2-4-6-17/h2-10,19H,11-15H2,1H3. The van der Waals surface area contributed by atoms with E-state index in [1.807, 2.05) is 7.11 Å². The summed E-state index contributed by atoms with van der Waals surface area (Å²) in [6.07, 6.45) is 2.76. The zero-order valence-electron chi connectivity index (χ0n) is 12.7. The fourth-order valence-corrected chi connectivity index (χ4v) is 2.99. The van der Waals surface area contributed by atoms with Crippen LogP contribution in [0.1, 0.15) is 18.4 Å². The van der Waals surface area contributed by atoms with Gasteiger partial charge in [-0.3, -0.25) is 4.90 Å². The molecule has 1 saturated heterocycles. The minimum absolute atomic E-state index is 0.460. The van der Waals surface area contributed by atoms with E-state index in [9.17, 15) is 0 Å². The van der Waals surface area contributed by atoms with Crippen LogP contribution in [0.5, 0.6) is 0 Å². The Morgan fingerprint density at radius 3 is 2.14 bits per heavy atom. The molecule has 2 nitrogen and oxygen atoms in total. The number of piperidine rings is 1. The molecule has 2 aromatic rings. The van der Waals surface area contributed by atoms with E-state index in [2.05, 4.69) is 59.5 Å². The molecule has 110 valence electrons. The van der Waals surface area contributed by atoms with Gasteiger partial charge in [0.25, 0.3) is 0 Å². The summed E-state index contributed by atoms with van der Waals surface area (Å²) >= 11 is 0. The van der Waals surface area contributed by atoms with Gasteiger partial charge in [0.2, 0.25) is 0 Å². The van der Waals surface area contributed by atoms with Crippen LogP contribution in [0.25, 0.3) is 11.1 Å². The van der Waals surface area contributed by atoms with Crippen molar-refractivity contribution in [2.24, 2.45) is 0 Å². The first kappa shape index (κ1) is 14.3. The van der Waals surface area contributed by atoms with E-state index in [0.29, 0.717) is 6.10 Å². The summed E-state index contributed by atoms with van der Waals surface area (Å²) in [6, 6.07) is 19.5. The van der Waals surface area contributed by atoms with Crippen molar-refractivity contribution >= 4 is 0 Å². The van der Waals surface area contributed by atoms with E-state index in [-0.39, 0.29) is 0 Å². The highest BCUT2D eigenvalue weighted by atomic mass is 16.5. The van der Waals surface area contributed by atoms with Gasteiger partial charge >= 0.3 is 0 Å². The molecule has 0 aliphatic carbocycles. The first-order chi connectivity index (χ1) is 10.3. The molecule has 3 rings (SSSR count). The van der Waals surface area contributed by atoms with Gasteiger partial charge in [-0.15, -0.1) is 0 Å². The van der Waals surface area contributed by atoms with Crippen LogP contribution in [-0.2, 0) is 11.3 Å². The number of rotatable bonds is 4. The summed E-state index contributed by atoms with van der Waals surface area (Å²) in [7, 11) is 1.82. The van der Waals surface area contributed by atoms with Gasteiger partial charge in [-0.05, 0) is 29.5 Å². The van der Waals surface area contributed by atoms with Gasteiger partial charge < -0.3 is 4.74 Å². The number of methoxy groups -OCH3 is 1. The summed E-state index contributed by atoms with van der Waals surface area (Å²) in [5, 5.41) is 0. The zero-order chi connectivity index (χ0) is 14.5. The molecule has 0 saturated carbocycles. The van der Waals surface area contributed by atoms with Gasteiger partial charge in [0.15, 0.2) is 0 Å². The maximum absolute atomic E-state index is 5.43. The average molecular weight is 281 g/mol. The number of benzene rings is 2. The molecule has 1 aliphatic heterocycles. The van der Waals surface area contributed by atoms with Crippen molar-refractivity contribution in [3.63, 3.8) is 0 Å². The predicted molar refractivity (Wildman–Crippen MR) is 87.2 cm³/mol. The Hall–Kier alpha value is -1.64. The zero-order valence-corrected chi connectivity index (χ0v) is 12.7. The molecule has 1 aliphatic rings. The molecule has 0 spiro atoms. The number of likely N-dealkylation sites (tertiary alicyclic amines) is 1. The Bertz CT molecular complexity index is 542. The highest BCUT2D eigenvalue weighted by Crippen LogP contribution is 2.21. The number of nitrogens with zero attached hydrogens (tertiary/aromatic N) is 1. The second-order valence-electron chi connectivity index (χ2n) is 5.77. The summed E-state index contributed by atoms with van der Waals surface area (Å²) in [5.74, 6) is 0. The highest BCUT2D eigenvalue weighted by molar-refractivity contribution is 5.63. The van der Waals surface area contributed by atoms with Gasteiger partial charge in [-0.1, -0.05) is 54.6 Å². The molecule has 0 amide bonds. The topological polar surface area (TPSA) is 12.5 Å². The van der Waals surface area contributed by atoms with E-state index in [1.165, 1.54) is 16.7 Å². The van der Waals surface area contributed by atoms with E-state index in [0.717, 1.165) is 32.5 Å². The number of ether oxygens (including phenoxy) is 1. The van der Waals surface area contributed by atoms with Gasteiger partial charge in [-0.25, -0.2) is 0 Å². The van der Waals surface area contributed by atoms with Gasteiger partial charge in [0.05, 0.1) is 6.10 Å². The van der Waals surface area contributed by atoms with Crippen molar-refractivity contribution in [2.75, 3.05) is 20.2 Å². The smallest absolute Gasteiger partial charge is 0.0595 e. The molecule has 2 aromatic carbocycles. The predicted octanol–water partition coefficient (Wildman–Crippen LogP) is 3.96. The normalized spacial score (nSPS) is 17.0. The lowest BCUT2D eigenvalue weighted by Crippen LogP contribution is -2.36. The maximum Gasteiger partial charge on any atom is 0.0595 e. The lowest BCUT2D eigenvalue weighted by atomic mass is 10.0. The Balaban J connectivity index is 1.60. The van der Waals surface area contributed by atoms with Gasteiger partial charge in [0, 0.05) is 26.7 Å². The van der Waals surface area contributed by atoms with Gasteiger partial charge in [0.1, 0.15) is 0 Å². The van der Waals surface area contributed by atoms with E-state index >= 15 is 0 Å². The fourth-order valence-electron chi connectivity index (χ4n) is 2.99. The Morgan fingerprint density at radius 2 is 1.52 bits per heavy atom. The molecule has 0 unspecified atom stereocenters. The molecule has 1 fully saturated rings. The second kappa shape index (κ2) is 6.88. The number of hydrogen-bond acceptors (Lipinski definition) is 2. The van der Waals surface area contributed by atoms with E-state index in [4.69, 9.17) is 4.74 Å². The van der Waals surface area contributed by atoms with E-state index < -0.39 is 0 Å². The SMILES string of the molecule is COC1CCN(Cc2ccc(-c3ccccc3)cc2)CC1. The third-order valence-corrected chi connectivity index (χ3v) is 4.34. The van der Waals surface area contributed by atoms with Crippen LogP contribution in [0.4, 0.5) is 0 Å². The molecule has 0 bridgehead atoms. The van der Waals surface area contributed by atoms with Crippen molar-refractivity contribution in [1.82, 2.24) is 4.90 Å². The molecular weight excluding hydrogens is 258 g/mol. The summed E-state index contributed by atoms with van der Waals surface area (Å²) in [5.41, 5.74) is 3.97. The highest BCUT2D eigenvalue weighted by Gasteiger charge is 2.18. The van der Waals surface area contributed by atoms with Crippen molar-refractivity contribution in [1.29, 1.82) is 0 Å². The lowest BCUT2D eigenvalue weighted by Gasteiger charge is -2.31. The summed E-state index contributed by atoms with van der Waals surface area (Å²) < 4.78 is 5.43. The second-order valence-corrected chi connectivity index (χ2v) is 5.77. The van der Waals surface area contributed by atoms with Gasteiger partial charge in [-0.2, -0.15) is 0 Å². The third-order valence-electron chi connectivity index (χ3n) is 4.34. The van der Waals surface area contributed by atoms with Crippen LogP contribution in [0.3, 0.4) is 0 Å². The van der Waals surface area contributed by atoms with Crippen LogP contribution >= 0.6 is 0 Å². The lowest BCUT2D eigenvalue weighted by molar-refractivity contribution is 0.0389. The van der Waals surface area contributed by atoms with Crippen molar-refractivity contribution in [3.8, 4) is 11.1 Å². The van der Waals surface area contributed by atoms with E-state index in [1.54, 1.807) is 0 Å². The Labute approximate surface area is 127 Å². The molecule has 0 N–H and O–H groups in total. The van der Waals surface area contributed by atoms with Crippen LogP contribution in [0.2, 0.25) is 0 Å². The van der Waals surface area contributed by atoms with Crippen LogP contribution in [0.15, 0.2) is 54.6 Å². The summed E-state index contributed by atoms with van der Waals surface area (Å²) in [4.78, 5) is 2.52. The minimum atomic E-state index is 0.460. The molecule has 2 heteroatoms. The Kier molecular flexibility index (Phi) is 4.69. The summed E-state index contributed by atoms with van der Waals surface area (Å²) in [6.45, 7) is 3.32. The third kappa shape index (κ3) is 3.72.